The fourth-order valence-electron chi connectivity index (χ4n) is 4.21. The van der Waals surface area contributed by atoms with Crippen LogP contribution in [0.5, 0.6) is 0 Å². The number of halogens is 4. The number of thioether (sulfide) groups is 1. The zero-order valence-electron chi connectivity index (χ0n) is 19.5. The Morgan fingerprint density at radius 3 is 2.50 bits per heavy atom. The minimum Gasteiger partial charge on any atom is -0.324 e. The van der Waals surface area contributed by atoms with Crippen LogP contribution in [-0.4, -0.2) is 30.8 Å². The molecule has 0 unspecified atom stereocenters. The smallest absolute Gasteiger partial charge is 0.324 e. The van der Waals surface area contributed by atoms with Gasteiger partial charge in [-0.1, -0.05) is 42.6 Å². The molecule has 36 heavy (non-hydrogen) atoms. The molecule has 0 saturated heterocycles. The number of nitrogens with zero attached hydrogens (tertiary/aromatic N) is 4. The minimum atomic E-state index is -4.59. The summed E-state index contributed by atoms with van der Waals surface area (Å²) >= 11 is 6.93. The summed E-state index contributed by atoms with van der Waals surface area (Å²) in [7, 11) is 2.86. The van der Waals surface area contributed by atoms with Crippen LogP contribution in [0.15, 0.2) is 32.8 Å². The van der Waals surface area contributed by atoms with Gasteiger partial charge >= 0.3 is 11.9 Å². The Bertz CT molecular complexity index is 1450. The Balaban J connectivity index is 1.67. The van der Waals surface area contributed by atoms with Crippen molar-refractivity contribution in [3.63, 3.8) is 0 Å². The number of aryl methyl sites for hydroxylation is 1. The van der Waals surface area contributed by atoms with E-state index >= 15 is 0 Å². The minimum absolute atomic E-state index is 0.0442. The van der Waals surface area contributed by atoms with E-state index in [2.05, 4.69) is 15.3 Å². The number of carbonyl (C=O) groups excluding carboxylic acids is 1. The molecule has 1 amide bonds. The molecule has 0 spiro atoms. The molecule has 3 aromatic rings. The number of amides is 1. The van der Waals surface area contributed by atoms with Gasteiger partial charge in [0.15, 0.2) is 5.65 Å². The Hall–Kier alpha value is -2.86. The fraction of sp³-hybridized carbons (Fsp3) is 0.435. The lowest BCUT2D eigenvalue weighted by atomic mass is 9.89. The molecule has 1 aromatic carbocycles. The fourth-order valence-corrected chi connectivity index (χ4v) is 5.20. The van der Waals surface area contributed by atoms with Crippen molar-refractivity contribution >= 4 is 46.0 Å². The van der Waals surface area contributed by atoms with Gasteiger partial charge in [-0.15, -0.1) is 0 Å². The van der Waals surface area contributed by atoms with Crippen molar-refractivity contribution in [1.29, 1.82) is 0 Å². The van der Waals surface area contributed by atoms with Crippen LogP contribution < -0.4 is 16.6 Å². The number of nitrogens with one attached hydrogen (secondary N) is 1. The number of carbonyl (C=O) groups is 1. The molecule has 0 aliphatic heterocycles. The zero-order valence-corrected chi connectivity index (χ0v) is 21.1. The van der Waals surface area contributed by atoms with Gasteiger partial charge in [0.25, 0.3) is 5.56 Å². The summed E-state index contributed by atoms with van der Waals surface area (Å²) in [6, 6.07) is 2.65. The summed E-state index contributed by atoms with van der Waals surface area (Å²) < 4.78 is 41.4. The molecule has 0 atom stereocenters. The molecule has 0 radical (unpaired) electrons. The van der Waals surface area contributed by atoms with E-state index in [9.17, 15) is 27.6 Å². The molecule has 1 saturated carbocycles. The van der Waals surface area contributed by atoms with Gasteiger partial charge in [0.2, 0.25) is 5.91 Å². The Kier molecular flexibility index (Phi) is 7.46. The lowest BCUT2D eigenvalue weighted by Crippen LogP contribution is -2.38. The molecule has 13 heteroatoms. The maximum absolute atomic E-state index is 13.0. The van der Waals surface area contributed by atoms with Gasteiger partial charge in [-0.3, -0.25) is 18.7 Å². The van der Waals surface area contributed by atoms with E-state index in [1.807, 2.05) is 0 Å². The van der Waals surface area contributed by atoms with Crippen LogP contribution in [0.3, 0.4) is 0 Å². The highest BCUT2D eigenvalue weighted by Crippen LogP contribution is 2.35. The second-order valence-corrected chi connectivity index (χ2v) is 10.0. The molecule has 1 fully saturated rings. The summed E-state index contributed by atoms with van der Waals surface area (Å²) in [6.45, 7) is 0. The van der Waals surface area contributed by atoms with Crippen LogP contribution in [0.2, 0.25) is 5.02 Å². The van der Waals surface area contributed by atoms with Crippen LogP contribution in [0.4, 0.5) is 18.9 Å². The second kappa shape index (κ2) is 10.3. The molecule has 1 aliphatic carbocycles. The molecule has 8 nitrogen and oxygen atoms in total. The number of hydrogen-bond acceptors (Lipinski definition) is 6. The highest BCUT2D eigenvalue weighted by Gasteiger charge is 2.31. The van der Waals surface area contributed by atoms with E-state index in [1.54, 1.807) is 0 Å². The number of hydrogen-bond donors (Lipinski definition) is 1. The third-order valence-corrected chi connectivity index (χ3v) is 7.47. The first-order valence-electron chi connectivity index (χ1n) is 11.2. The predicted octanol–water partition coefficient (Wildman–Crippen LogP) is 4.48. The Labute approximate surface area is 212 Å². The van der Waals surface area contributed by atoms with Gasteiger partial charge in [-0.2, -0.15) is 13.2 Å². The summed E-state index contributed by atoms with van der Waals surface area (Å²) in [5.74, 6) is -0.308. The maximum Gasteiger partial charge on any atom is 0.416 e. The van der Waals surface area contributed by atoms with Crippen molar-refractivity contribution < 1.29 is 18.0 Å². The number of rotatable bonds is 5. The summed E-state index contributed by atoms with van der Waals surface area (Å²) in [5, 5.41) is 2.69. The van der Waals surface area contributed by atoms with Crippen molar-refractivity contribution in [2.24, 2.45) is 14.1 Å². The molecule has 0 bridgehead atoms. The van der Waals surface area contributed by atoms with Crippen molar-refractivity contribution in [1.82, 2.24) is 19.1 Å². The summed E-state index contributed by atoms with van der Waals surface area (Å²) in [5.41, 5.74) is -2.06. The third kappa shape index (κ3) is 5.29. The molecule has 2 aromatic heterocycles. The van der Waals surface area contributed by atoms with E-state index < -0.39 is 28.9 Å². The molecule has 1 N–H and O–H groups in total. The van der Waals surface area contributed by atoms with Crippen LogP contribution in [0.25, 0.3) is 11.0 Å². The summed E-state index contributed by atoms with van der Waals surface area (Å²) in [4.78, 5) is 47.3. The summed E-state index contributed by atoms with van der Waals surface area (Å²) in [6.07, 6.45) is 0.313. The van der Waals surface area contributed by atoms with Gasteiger partial charge in [0.1, 0.15) is 16.2 Å². The molecule has 192 valence electrons. The largest absolute Gasteiger partial charge is 0.416 e. The normalized spacial score (nSPS) is 14.8. The van der Waals surface area contributed by atoms with E-state index in [0.29, 0.717) is 5.82 Å². The van der Waals surface area contributed by atoms with Gasteiger partial charge in [-0.05, 0) is 31.0 Å². The second-order valence-electron chi connectivity index (χ2n) is 8.66. The highest BCUT2D eigenvalue weighted by atomic mass is 35.5. The van der Waals surface area contributed by atoms with Gasteiger partial charge in [-0.25, -0.2) is 14.8 Å². The van der Waals surface area contributed by atoms with Crippen LogP contribution >= 0.6 is 23.4 Å². The van der Waals surface area contributed by atoms with E-state index in [0.717, 1.165) is 66.6 Å². The average molecular weight is 542 g/mol. The van der Waals surface area contributed by atoms with Crippen LogP contribution in [0, 0.1) is 0 Å². The first-order valence-corrected chi connectivity index (χ1v) is 12.6. The first-order chi connectivity index (χ1) is 17.0. The topological polar surface area (TPSA) is 98.9 Å². The molecule has 4 rings (SSSR count). The Morgan fingerprint density at radius 2 is 1.83 bits per heavy atom. The van der Waals surface area contributed by atoms with Gasteiger partial charge in [0, 0.05) is 20.0 Å². The van der Waals surface area contributed by atoms with Crippen LogP contribution in [-0.2, 0) is 25.1 Å². The monoisotopic (exact) mass is 541 g/mol. The molecular weight excluding hydrogens is 519 g/mol. The number of alkyl halides is 3. The van der Waals surface area contributed by atoms with Gasteiger partial charge < -0.3 is 5.32 Å². The van der Waals surface area contributed by atoms with E-state index in [-0.39, 0.29) is 38.4 Å². The predicted molar refractivity (Wildman–Crippen MR) is 132 cm³/mol. The van der Waals surface area contributed by atoms with Gasteiger partial charge in [0.05, 0.1) is 22.0 Å². The highest BCUT2D eigenvalue weighted by molar-refractivity contribution is 8.00. The number of benzene rings is 1. The van der Waals surface area contributed by atoms with E-state index in [1.165, 1.54) is 18.7 Å². The van der Waals surface area contributed by atoms with E-state index in [4.69, 9.17) is 11.6 Å². The SMILES string of the molecule is Cn1c(=O)c2c(SCC(=O)Nc3cc(C(F)(F)F)ccc3Cl)nc(C3CCCCC3)nc2n(C)c1=O. The Morgan fingerprint density at radius 1 is 1.14 bits per heavy atom. The number of fused-ring (bicyclic) bond motifs is 1. The van der Waals surface area contributed by atoms with Crippen molar-refractivity contribution in [3.05, 3.63) is 55.4 Å². The average Bonchev–Trinajstić information content (AvgIpc) is 2.85. The van der Waals surface area contributed by atoms with Crippen molar-refractivity contribution in [2.45, 2.75) is 49.2 Å². The van der Waals surface area contributed by atoms with Crippen LogP contribution in [0.1, 0.15) is 49.4 Å². The number of anilines is 1. The number of aromatic nitrogens is 4. The first kappa shape index (κ1) is 26.2. The lowest BCUT2D eigenvalue weighted by Gasteiger charge is -2.21. The molecule has 1 aliphatic rings. The maximum atomic E-state index is 13.0. The van der Waals surface area contributed by atoms with Crippen molar-refractivity contribution in [3.8, 4) is 0 Å². The van der Waals surface area contributed by atoms with Crippen molar-refractivity contribution in [2.75, 3.05) is 11.1 Å². The quantitative estimate of drug-likeness (QED) is 0.378. The zero-order chi connectivity index (χ0) is 26.2. The molecular formula is C23H23ClF3N5O3S. The third-order valence-electron chi connectivity index (χ3n) is 6.16. The standard InChI is InChI=1S/C23H23ClF3N5O3S/c1-31-19-17(21(34)32(2)22(31)35)20(30-18(29-19)12-6-4-3-5-7-12)36-11-16(33)28-15-10-13(23(25,26)27)8-9-14(15)24/h8-10,12H,3-7,11H2,1-2H3,(H,28,33). The molecule has 2 heterocycles. The lowest BCUT2D eigenvalue weighted by molar-refractivity contribution is -0.137.